The van der Waals surface area contributed by atoms with E-state index in [-0.39, 0.29) is 6.29 Å². The highest BCUT2D eigenvalue weighted by molar-refractivity contribution is 8.00. The number of nitrogens with zero attached hydrogens (tertiary/aromatic N) is 2. The van der Waals surface area contributed by atoms with Gasteiger partial charge in [0.25, 0.3) is 6.04 Å². The van der Waals surface area contributed by atoms with Gasteiger partial charge in [0.1, 0.15) is 0 Å². The summed E-state index contributed by atoms with van der Waals surface area (Å²) in [6, 6.07) is 2.98. The second-order valence-corrected chi connectivity index (χ2v) is 4.12. The molecule has 0 aliphatic rings. The number of thioether (sulfide) groups is 1. The monoisotopic (exact) mass is 256 g/mol. The molecule has 0 saturated heterocycles. The van der Waals surface area contributed by atoms with Gasteiger partial charge < -0.3 is 5.11 Å². The number of hydrogen-bond donors (Lipinski definition) is 1. The van der Waals surface area contributed by atoms with Crippen LogP contribution in [0.5, 0.6) is 0 Å². The molecule has 8 heteroatoms. The largest absolute Gasteiger partial charge is 0.480 e. The molecule has 0 saturated carbocycles. The fourth-order valence-corrected chi connectivity index (χ4v) is 1.99. The third-order valence-electron chi connectivity index (χ3n) is 1.82. The van der Waals surface area contributed by atoms with E-state index >= 15 is 0 Å². The number of hydrogen-bond acceptors (Lipinski definition) is 6. The van der Waals surface area contributed by atoms with Crippen LogP contribution in [-0.2, 0) is 9.59 Å². The zero-order valence-electron chi connectivity index (χ0n) is 8.42. The number of pyridine rings is 1. The molecule has 2 atom stereocenters. The quantitative estimate of drug-likeness (QED) is 0.341. The van der Waals surface area contributed by atoms with Gasteiger partial charge in [-0.1, -0.05) is 17.8 Å². The van der Waals surface area contributed by atoms with Crippen LogP contribution in [0.15, 0.2) is 29.4 Å². The molecule has 0 aromatic carbocycles. The first-order valence-corrected chi connectivity index (χ1v) is 5.33. The fourth-order valence-electron chi connectivity index (χ4n) is 1.04. The summed E-state index contributed by atoms with van der Waals surface area (Å²) in [6.07, 6.45) is 1.46. The van der Waals surface area contributed by atoms with Crippen molar-refractivity contribution >= 4 is 24.0 Å². The van der Waals surface area contributed by atoms with Crippen LogP contribution in [0.25, 0.3) is 0 Å². The lowest BCUT2D eigenvalue weighted by Gasteiger charge is -2.11. The first-order valence-electron chi connectivity index (χ1n) is 4.45. The van der Waals surface area contributed by atoms with Crippen molar-refractivity contribution in [2.45, 2.75) is 16.3 Å². The second kappa shape index (κ2) is 5.94. The van der Waals surface area contributed by atoms with Gasteiger partial charge in [-0.05, 0) is 12.1 Å². The van der Waals surface area contributed by atoms with Crippen molar-refractivity contribution in [1.29, 1.82) is 0 Å². The Morgan fingerprint density at radius 2 is 2.29 bits per heavy atom. The van der Waals surface area contributed by atoms with Crippen LogP contribution < -0.4 is 0 Å². The molecule has 0 bridgehead atoms. The molecule has 1 rings (SSSR count). The molecule has 0 aliphatic carbocycles. The molecule has 2 unspecified atom stereocenters. The third-order valence-corrected chi connectivity index (χ3v) is 3.04. The van der Waals surface area contributed by atoms with Crippen molar-refractivity contribution in [2.24, 2.45) is 0 Å². The minimum atomic E-state index is -1.79. The van der Waals surface area contributed by atoms with E-state index in [1.165, 1.54) is 12.3 Å². The van der Waals surface area contributed by atoms with Gasteiger partial charge in [0.2, 0.25) is 0 Å². The highest BCUT2D eigenvalue weighted by Gasteiger charge is 2.38. The Labute approximate surface area is 100 Å². The molecule has 7 nitrogen and oxygen atoms in total. The van der Waals surface area contributed by atoms with Crippen molar-refractivity contribution in [3.63, 3.8) is 0 Å². The van der Waals surface area contributed by atoms with Crippen LogP contribution >= 0.6 is 11.8 Å². The van der Waals surface area contributed by atoms with Gasteiger partial charge in [0, 0.05) is 11.1 Å². The number of aromatic nitrogens is 1. The van der Waals surface area contributed by atoms with E-state index in [2.05, 4.69) is 4.98 Å². The summed E-state index contributed by atoms with van der Waals surface area (Å²) < 4.78 is 0. The molecular weight excluding hydrogens is 248 g/mol. The second-order valence-electron chi connectivity index (χ2n) is 2.96. The van der Waals surface area contributed by atoms with Gasteiger partial charge >= 0.3 is 5.97 Å². The molecule has 0 radical (unpaired) electrons. The minimum Gasteiger partial charge on any atom is -0.480 e. The Bertz CT molecular complexity index is 425. The number of carbonyl (C=O) groups excluding carboxylic acids is 1. The van der Waals surface area contributed by atoms with Crippen LogP contribution in [0, 0.1) is 10.1 Å². The molecule has 1 heterocycles. The van der Waals surface area contributed by atoms with E-state index in [9.17, 15) is 19.7 Å². The van der Waals surface area contributed by atoms with Crippen LogP contribution in [0.3, 0.4) is 0 Å². The molecule has 90 valence electrons. The predicted molar refractivity (Wildman–Crippen MR) is 58.4 cm³/mol. The maximum absolute atomic E-state index is 10.9. The number of carbonyl (C=O) groups is 2. The Morgan fingerprint density at radius 1 is 1.59 bits per heavy atom. The number of carboxylic acids is 1. The van der Waals surface area contributed by atoms with Crippen LogP contribution in [0.1, 0.15) is 0 Å². The number of nitro groups is 1. The van der Waals surface area contributed by atoms with Gasteiger partial charge in [-0.25, -0.2) is 4.98 Å². The summed E-state index contributed by atoms with van der Waals surface area (Å²) in [4.78, 5) is 34.9. The molecule has 0 amide bonds. The molecular formula is C9H8N2O5S. The summed E-state index contributed by atoms with van der Waals surface area (Å²) in [6.45, 7) is 0. The van der Waals surface area contributed by atoms with Gasteiger partial charge in [0.05, 0.1) is 5.03 Å². The zero-order chi connectivity index (χ0) is 12.8. The van der Waals surface area contributed by atoms with E-state index in [1.807, 2.05) is 0 Å². The normalized spacial score (nSPS) is 13.6. The average Bonchev–Trinajstić information content (AvgIpc) is 2.29. The number of rotatable bonds is 6. The van der Waals surface area contributed by atoms with Crippen LogP contribution in [0.2, 0.25) is 0 Å². The van der Waals surface area contributed by atoms with Gasteiger partial charge in [0.15, 0.2) is 11.5 Å². The molecule has 0 spiro atoms. The number of aliphatic carboxylic acids is 1. The molecule has 17 heavy (non-hydrogen) atoms. The Balaban J connectivity index is 2.90. The van der Waals surface area contributed by atoms with Crippen LogP contribution in [0.4, 0.5) is 0 Å². The Kier molecular flexibility index (Phi) is 4.58. The maximum Gasteiger partial charge on any atom is 0.324 e. The predicted octanol–water partition coefficient (Wildman–Crippen LogP) is 0.471. The van der Waals surface area contributed by atoms with Crippen molar-refractivity contribution in [3.05, 3.63) is 34.5 Å². The summed E-state index contributed by atoms with van der Waals surface area (Å²) in [5.74, 6) is -1.42. The minimum absolute atomic E-state index is 0.0225. The third kappa shape index (κ3) is 3.52. The summed E-state index contributed by atoms with van der Waals surface area (Å²) in [5, 5.41) is 18.2. The van der Waals surface area contributed by atoms with E-state index < -0.39 is 22.2 Å². The smallest absolute Gasteiger partial charge is 0.324 e. The Morgan fingerprint density at radius 3 is 2.71 bits per heavy atom. The van der Waals surface area contributed by atoms with E-state index in [1.54, 1.807) is 12.1 Å². The van der Waals surface area contributed by atoms with Gasteiger partial charge in [-0.2, -0.15) is 0 Å². The SMILES string of the molecule is O=CC(C(Sc1ccccn1)C(=O)O)[N+](=O)[O-]. The summed E-state index contributed by atoms with van der Waals surface area (Å²) in [5.41, 5.74) is 0. The van der Waals surface area contributed by atoms with E-state index in [0.29, 0.717) is 16.8 Å². The van der Waals surface area contributed by atoms with Crippen molar-refractivity contribution in [3.8, 4) is 0 Å². The van der Waals surface area contributed by atoms with Crippen molar-refractivity contribution in [2.75, 3.05) is 0 Å². The lowest BCUT2D eigenvalue weighted by Crippen LogP contribution is -2.38. The standard InChI is InChI=1S/C9H8N2O5S/c12-5-6(11(15)16)8(9(13)14)17-7-3-1-2-4-10-7/h1-6,8H,(H,13,14). The maximum atomic E-state index is 10.9. The van der Waals surface area contributed by atoms with E-state index in [4.69, 9.17) is 5.11 Å². The Hall–Kier alpha value is -1.96. The molecule has 1 N–H and O–H groups in total. The van der Waals surface area contributed by atoms with Crippen molar-refractivity contribution < 1.29 is 19.6 Å². The first kappa shape index (κ1) is 13.1. The number of aldehydes is 1. The topological polar surface area (TPSA) is 110 Å². The average molecular weight is 256 g/mol. The van der Waals surface area contributed by atoms with Crippen LogP contribution in [-0.4, -0.2) is 38.6 Å². The molecule has 1 aromatic heterocycles. The summed E-state index contributed by atoms with van der Waals surface area (Å²) in [7, 11) is 0. The fraction of sp³-hybridized carbons (Fsp3) is 0.222. The summed E-state index contributed by atoms with van der Waals surface area (Å²) >= 11 is 0.674. The van der Waals surface area contributed by atoms with Gasteiger partial charge in [-0.3, -0.25) is 19.7 Å². The highest BCUT2D eigenvalue weighted by Crippen LogP contribution is 2.24. The highest BCUT2D eigenvalue weighted by atomic mass is 32.2. The lowest BCUT2D eigenvalue weighted by molar-refractivity contribution is -0.503. The lowest BCUT2D eigenvalue weighted by atomic mass is 10.2. The van der Waals surface area contributed by atoms with Crippen molar-refractivity contribution in [1.82, 2.24) is 4.98 Å². The first-order chi connectivity index (χ1) is 8.06. The zero-order valence-corrected chi connectivity index (χ0v) is 9.24. The molecule has 0 aliphatic heterocycles. The van der Waals surface area contributed by atoms with E-state index in [0.717, 1.165) is 0 Å². The number of carboxylic acid groups (broad SMARTS) is 1. The molecule has 1 aromatic rings. The van der Waals surface area contributed by atoms with Gasteiger partial charge in [-0.15, -0.1) is 0 Å². The molecule has 0 fully saturated rings.